The second-order valence-electron chi connectivity index (χ2n) is 20.3. The van der Waals surface area contributed by atoms with Crippen LogP contribution in [0.5, 0.6) is 17.6 Å². The zero-order valence-corrected chi connectivity index (χ0v) is 46.0. The fourth-order valence-corrected chi connectivity index (χ4v) is 8.23. The van der Waals surface area contributed by atoms with Crippen LogP contribution in [0.2, 0.25) is 5.15 Å². The molecule has 1 fully saturated rings. The average molecular weight is 1090 g/mol. The SMILES string of the molecule is C[C@@H](NC(=O)c1ccc(OCc2cccc(F)c2)nc1Cl)C(C)(C)C.Cc1cc(C(=O)N[C@H](C)C2CCCCC2)cnc1OCc1cccc(F)c1.Cc1ccc(NC(=O)c2cnc(OCc3ccncc3)cc2C)c(F)c1. The molecule has 0 unspecified atom stereocenters. The molecular formula is C61H67ClF3N7O6. The highest BCUT2D eigenvalue weighted by atomic mass is 35.5. The van der Waals surface area contributed by atoms with Gasteiger partial charge in [-0.25, -0.2) is 28.1 Å². The van der Waals surface area contributed by atoms with Gasteiger partial charge in [-0.05, 0) is 147 Å². The van der Waals surface area contributed by atoms with Crippen molar-refractivity contribution in [3.63, 3.8) is 0 Å². The lowest BCUT2D eigenvalue weighted by Crippen LogP contribution is -2.41. The maximum Gasteiger partial charge on any atom is 0.257 e. The number of amides is 3. The Hall–Kier alpha value is -7.85. The van der Waals surface area contributed by atoms with Crippen LogP contribution in [0.3, 0.4) is 0 Å². The summed E-state index contributed by atoms with van der Waals surface area (Å²) >= 11 is 6.12. The lowest BCUT2D eigenvalue weighted by atomic mass is 9.84. The van der Waals surface area contributed by atoms with Crippen LogP contribution >= 0.6 is 11.6 Å². The Balaban J connectivity index is 0.000000189. The number of nitrogens with one attached hydrogen (secondary N) is 3. The molecule has 17 heteroatoms. The van der Waals surface area contributed by atoms with Crippen molar-refractivity contribution >= 4 is 35.0 Å². The van der Waals surface area contributed by atoms with Gasteiger partial charge in [-0.3, -0.25) is 19.4 Å². The Morgan fingerprint density at radius 2 is 1.29 bits per heavy atom. The number of aryl methyl sites for hydroxylation is 3. The fourth-order valence-electron chi connectivity index (χ4n) is 7.99. The zero-order chi connectivity index (χ0) is 56.4. The van der Waals surface area contributed by atoms with Gasteiger partial charge in [0.25, 0.3) is 17.7 Å². The summed E-state index contributed by atoms with van der Waals surface area (Å²) in [5.41, 5.74) is 5.90. The molecule has 3 aromatic carbocycles. The smallest absolute Gasteiger partial charge is 0.257 e. The van der Waals surface area contributed by atoms with Crippen molar-refractivity contribution in [2.24, 2.45) is 11.3 Å². The van der Waals surface area contributed by atoms with Crippen molar-refractivity contribution in [2.45, 2.75) is 119 Å². The van der Waals surface area contributed by atoms with Crippen LogP contribution < -0.4 is 30.2 Å². The third-order valence-electron chi connectivity index (χ3n) is 13.1. The van der Waals surface area contributed by atoms with Gasteiger partial charge in [-0.2, -0.15) is 0 Å². The van der Waals surface area contributed by atoms with E-state index in [0.717, 1.165) is 22.3 Å². The molecular weight excluding hydrogens is 1020 g/mol. The van der Waals surface area contributed by atoms with Gasteiger partial charge in [-0.1, -0.05) is 82.0 Å². The molecule has 1 aliphatic rings. The molecule has 0 bridgehead atoms. The molecule has 78 heavy (non-hydrogen) atoms. The van der Waals surface area contributed by atoms with Crippen molar-refractivity contribution in [2.75, 3.05) is 5.32 Å². The van der Waals surface area contributed by atoms with Gasteiger partial charge in [0.05, 0.1) is 22.4 Å². The van der Waals surface area contributed by atoms with Crippen molar-refractivity contribution < 1.29 is 41.8 Å². The number of pyridine rings is 4. The Labute approximate surface area is 459 Å². The predicted molar refractivity (Wildman–Crippen MR) is 296 cm³/mol. The molecule has 0 spiro atoms. The summed E-state index contributed by atoms with van der Waals surface area (Å²) in [5, 5.41) is 8.67. The van der Waals surface area contributed by atoms with E-state index in [9.17, 15) is 27.6 Å². The topological polar surface area (TPSA) is 167 Å². The molecule has 0 radical (unpaired) electrons. The van der Waals surface area contributed by atoms with Crippen molar-refractivity contribution in [1.82, 2.24) is 30.6 Å². The van der Waals surface area contributed by atoms with Crippen LogP contribution in [-0.4, -0.2) is 49.7 Å². The number of benzene rings is 3. The van der Waals surface area contributed by atoms with Gasteiger partial charge < -0.3 is 30.2 Å². The normalized spacial score (nSPS) is 13.0. The molecule has 4 heterocycles. The van der Waals surface area contributed by atoms with Gasteiger partial charge in [0.15, 0.2) is 0 Å². The van der Waals surface area contributed by atoms with E-state index in [0.29, 0.717) is 46.5 Å². The molecule has 1 saturated carbocycles. The van der Waals surface area contributed by atoms with Crippen molar-refractivity contribution in [1.29, 1.82) is 0 Å². The molecule has 2 atom stereocenters. The summed E-state index contributed by atoms with van der Waals surface area (Å²) < 4.78 is 57.1. The van der Waals surface area contributed by atoms with Crippen LogP contribution in [0.15, 0.2) is 128 Å². The number of hydrogen-bond acceptors (Lipinski definition) is 10. The Kier molecular flexibility index (Phi) is 21.7. The molecule has 0 aliphatic heterocycles. The van der Waals surface area contributed by atoms with Crippen LogP contribution in [0, 0.1) is 49.6 Å². The number of nitrogens with zero attached hydrogens (tertiary/aromatic N) is 4. The molecule has 4 aromatic heterocycles. The minimum absolute atomic E-state index is 0.0278. The second-order valence-corrected chi connectivity index (χ2v) is 20.7. The first-order chi connectivity index (χ1) is 37.2. The first kappa shape index (κ1) is 59.4. The highest BCUT2D eigenvalue weighted by molar-refractivity contribution is 6.32. The molecule has 3 N–H and O–H groups in total. The van der Waals surface area contributed by atoms with E-state index in [4.69, 9.17) is 25.8 Å². The van der Waals surface area contributed by atoms with E-state index in [-0.39, 0.29) is 76.4 Å². The standard InChI is InChI=1S/C22H27FN2O2.C20H18FN3O2.C19H22ClFN2O2/c1-15-11-19(21(26)25-16(2)18-8-4-3-5-9-18)13-24-22(15)27-14-17-7-6-10-20(23)12-17;1-13-3-4-18(17(21)9-13)24-20(25)16-11-23-19(10-14(16)2)26-12-15-5-7-22-8-6-15;1-12(19(2,3)4)22-18(24)15-8-9-16(23-17(15)20)25-11-13-6-5-7-14(21)10-13/h6-7,10-13,16,18H,3-5,8-9,14H2,1-2H3,(H,25,26);3-11H,12H2,1-2H3,(H,24,25);5-10,12H,11H2,1-4H3,(H,22,24)/t16-;;12-/m1.1/s1. The summed E-state index contributed by atoms with van der Waals surface area (Å²) in [6, 6.07) is 27.5. The molecule has 13 nitrogen and oxygen atoms in total. The van der Waals surface area contributed by atoms with Crippen molar-refractivity contribution in [3.05, 3.63) is 201 Å². The van der Waals surface area contributed by atoms with Gasteiger partial charge in [-0.15, -0.1) is 0 Å². The van der Waals surface area contributed by atoms with Crippen molar-refractivity contribution in [3.8, 4) is 17.6 Å². The van der Waals surface area contributed by atoms with E-state index in [1.54, 1.807) is 80.8 Å². The first-order valence-electron chi connectivity index (χ1n) is 25.8. The maximum absolute atomic E-state index is 13.9. The third kappa shape index (κ3) is 18.4. The van der Waals surface area contributed by atoms with Gasteiger partial charge in [0.1, 0.15) is 42.4 Å². The minimum atomic E-state index is -0.471. The van der Waals surface area contributed by atoms with Crippen LogP contribution in [0.1, 0.15) is 131 Å². The summed E-state index contributed by atoms with van der Waals surface area (Å²) in [5.74, 6) is -0.183. The Morgan fingerprint density at radius 1 is 0.654 bits per heavy atom. The highest BCUT2D eigenvalue weighted by Crippen LogP contribution is 2.28. The number of anilines is 1. The quantitative estimate of drug-likeness (QED) is 0.0793. The summed E-state index contributed by atoms with van der Waals surface area (Å²) in [6.07, 6.45) is 12.5. The number of halogens is 4. The second kappa shape index (κ2) is 28.5. The summed E-state index contributed by atoms with van der Waals surface area (Å²) in [7, 11) is 0. The van der Waals surface area contributed by atoms with E-state index < -0.39 is 11.7 Å². The lowest BCUT2D eigenvalue weighted by Gasteiger charge is -2.28. The Bertz CT molecular complexity index is 3140. The molecule has 0 saturated heterocycles. The van der Waals surface area contributed by atoms with Crippen LogP contribution in [-0.2, 0) is 19.8 Å². The summed E-state index contributed by atoms with van der Waals surface area (Å²) in [6.45, 7) is 16.3. The van der Waals surface area contributed by atoms with Gasteiger partial charge in [0.2, 0.25) is 17.6 Å². The Morgan fingerprint density at radius 3 is 1.90 bits per heavy atom. The molecule has 7 aromatic rings. The van der Waals surface area contributed by atoms with E-state index in [1.165, 1.54) is 80.9 Å². The average Bonchev–Trinajstić information content (AvgIpc) is 3.41. The van der Waals surface area contributed by atoms with Crippen LogP contribution in [0.25, 0.3) is 0 Å². The minimum Gasteiger partial charge on any atom is -0.473 e. The molecule has 410 valence electrons. The highest BCUT2D eigenvalue weighted by Gasteiger charge is 2.25. The third-order valence-corrected chi connectivity index (χ3v) is 13.4. The first-order valence-corrected chi connectivity index (χ1v) is 26.2. The number of hydrogen-bond donors (Lipinski definition) is 3. The number of ether oxygens (including phenoxy) is 3. The van der Waals surface area contributed by atoms with E-state index in [1.807, 2.05) is 46.8 Å². The van der Waals surface area contributed by atoms with Crippen LogP contribution in [0.4, 0.5) is 18.9 Å². The predicted octanol–water partition coefficient (Wildman–Crippen LogP) is 13.5. The zero-order valence-electron chi connectivity index (χ0n) is 45.3. The monoisotopic (exact) mass is 1090 g/mol. The lowest BCUT2D eigenvalue weighted by molar-refractivity contribution is 0.0905. The number of aromatic nitrogens is 4. The molecule has 1 aliphatic carbocycles. The van der Waals surface area contributed by atoms with Gasteiger partial charge in [0, 0.05) is 54.6 Å². The maximum atomic E-state index is 13.9. The fraction of sp³-hybridized carbons (Fsp3) is 0.328. The largest absolute Gasteiger partial charge is 0.473 e. The molecule has 3 amide bonds. The number of carbonyl (C=O) groups is 3. The van der Waals surface area contributed by atoms with E-state index in [2.05, 4.69) is 42.8 Å². The van der Waals surface area contributed by atoms with Gasteiger partial charge >= 0.3 is 0 Å². The summed E-state index contributed by atoms with van der Waals surface area (Å²) in [4.78, 5) is 53.8. The number of carbonyl (C=O) groups excluding carboxylic acids is 3. The number of rotatable bonds is 16. The van der Waals surface area contributed by atoms with E-state index >= 15 is 0 Å². The molecule has 8 rings (SSSR count).